The summed E-state index contributed by atoms with van der Waals surface area (Å²) in [5.74, 6) is 1.24. The zero-order chi connectivity index (χ0) is 21.1. The molecule has 1 aliphatic rings. The number of morpholine rings is 1. The molecule has 1 aliphatic heterocycles. The molecule has 0 unspecified atom stereocenters. The molecule has 0 bridgehead atoms. The summed E-state index contributed by atoms with van der Waals surface area (Å²) in [5, 5.41) is 8.00. The fraction of sp³-hybridized carbons (Fsp3) is 0.524. The number of anilines is 2. The highest BCUT2D eigenvalue weighted by molar-refractivity contribution is 7.22. The molecule has 9 heteroatoms. The van der Waals surface area contributed by atoms with Gasteiger partial charge in [0, 0.05) is 37.0 Å². The van der Waals surface area contributed by atoms with Crippen LogP contribution in [0.15, 0.2) is 22.7 Å². The van der Waals surface area contributed by atoms with E-state index in [-0.39, 0.29) is 11.3 Å². The molecule has 0 atom stereocenters. The number of aryl methyl sites for hydroxylation is 1. The van der Waals surface area contributed by atoms with Crippen molar-refractivity contribution in [2.45, 2.75) is 45.4 Å². The van der Waals surface area contributed by atoms with Crippen molar-refractivity contribution in [2.75, 3.05) is 36.5 Å². The van der Waals surface area contributed by atoms with Crippen LogP contribution in [0.25, 0.3) is 10.2 Å². The standard InChI is InChI=1S/C21H27N5O3S/c1-21(2,3)19-24-18(29-25-19)6-4-5-17(27)22-14-7-8-15-16(13-14)30-20(23-15)26-9-11-28-12-10-26/h7-8,13H,4-6,9-12H2,1-3H3,(H,22,27). The summed E-state index contributed by atoms with van der Waals surface area (Å²) in [4.78, 5) is 23.7. The van der Waals surface area contributed by atoms with Crippen LogP contribution in [0.2, 0.25) is 0 Å². The predicted octanol–water partition coefficient (Wildman–Crippen LogP) is 3.77. The van der Waals surface area contributed by atoms with Gasteiger partial charge in [0.05, 0.1) is 23.4 Å². The van der Waals surface area contributed by atoms with E-state index in [4.69, 9.17) is 14.2 Å². The topological polar surface area (TPSA) is 93.4 Å². The SMILES string of the molecule is CC(C)(C)c1noc(CCCC(=O)Nc2ccc3nc(N4CCOCC4)sc3c2)n1. The highest BCUT2D eigenvalue weighted by atomic mass is 32.1. The number of amides is 1. The van der Waals surface area contributed by atoms with Crippen LogP contribution in [0.3, 0.4) is 0 Å². The maximum absolute atomic E-state index is 12.3. The van der Waals surface area contributed by atoms with Crippen LogP contribution in [0.5, 0.6) is 0 Å². The molecule has 0 saturated carbocycles. The van der Waals surface area contributed by atoms with Gasteiger partial charge in [-0.05, 0) is 24.6 Å². The third-order valence-electron chi connectivity index (χ3n) is 4.88. The van der Waals surface area contributed by atoms with Crippen molar-refractivity contribution >= 4 is 38.3 Å². The molecule has 1 fully saturated rings. The number of aromatic nitrogens is 3. The molecule has 160 valence electrons. The second-order valence-electron chi connectivity index (χ2n) is 8.44. The van der Waals surface area contributed by atoms with Gasteiger partial charge in [-0.2, -0.15) is 4.98 Å². The van der Waals surface area contributed by atoms with Gasteiger partial charge >= 0.3 is 0 Å². The first kappa shape index (κ1) is 20.7. The van der Waals surface area contributed by atoms with E-state index in [0.717, 1.165) is 47.3 Å². The van der Waals surface area contributed by atoms with Gasteiger partial charge in [0.25, 0.3) is 0 Å². The van der Waals surface area contributed by atoms with Gasteiger partial charge in [-0.25, -0.2) is 4.98 Å². The molecule has 1 N–H and O–H groups in total. The smallest absolute Gasteiger partial charge is 0.226 e. The first-order valence-corrected chi connectivity index (χ1v) is 11.1. The Morgan fingerprint density at radius 1 is 1.23 bits per heavy atom. The lowest BCUT2D eigenvalue weighted by molar-refractivity contribution is -0.116. The van der Waals surface area contributed by atoms with Crippen LogP contribution >= 0.6 is 11.3 Å². The fourth-order valence-electron chi connectivity index (χ4n) is 3.16. The largest absolute Gasteiger partial charge is 0.378 e. The zero-order valence-electron chi connectivity index (χ0n) is 17.6. The lowest BCUT2D eigenvalue weighted by Crippen LogP contribution is -2.36. The Hall–Kier alpha value is -2.52. The first-order chi connectivity index (χ1) is 14.4. The van der Waals surface area contributed by atoms with E-state index in [1.54, 1.807) is 11.3 Å². The van der Waals surface area contributed by atoms with Crippen molar-refractivity contribution in [3.63, 3.8) is 0 Å². The Balaban J connectivity index is 1.31. The minimum atomic E-state index is -0.143. The molecule has 3 heterocycles. The van der Waals surface area contributed by atoms with Gasteiger partial charge in [-0.15, -0.1) is 0 Å². The molecular formula is C21H27N5O3S. The Labute approximate surface area is 179 Å². The maximum atomic E-state index is 12.3. The van der Waals surface area contributed by atoms with Crippen LogP contribution in [0, 0.1) is 0 Å². The van der Waals surface area contributed by atoms with Crippen LogP contribution in [0.4, 0.5) is 10.8 Å². The molecule has 0 aliphatic carbocycles. The number of hydrogen-bond donors (Lipinski definition) is 1. The first-order valence-electron chi connectivity index (χ1n) is 10.2. The third kappa shape index (κ3) is 4.96. The van der Waals surface area contributed by atoms with E-state index in [2.05, 4.69) is 20.4 Å². The molecule has 2 aromatic heterocycles. The number of benzene rings is 1. The van der Waals surface area contributed by atoms with Gasteiger partial charge in [-0.3, -0.25) is 4.79 Å². The number of nitrogens with one attached hydrogen (secondary N) is 1. The van der Waals surface area contributed by atoms with Crippen molar-refractivity contribution < 1.29 is 14.1 Å². The molecular weight excluding hydrogens is 402 g/mol. The van der Waals surface area contributed by atoms with Gasteiger partial charge in [0.15, 0.2) is 11.0 Å². The number of carbonyl (C=O) groups excluding carboxylic acids is 1. The summed E-state index contributed by atoms with van der Waals surface area (Å²) in [6, 6.07) is 5.84. The lowest BCUT2D eigenvalue weighted by atomic mass is 9.96. The molecule has 1 saturated heterocycles. The second-order valence-corrected chi connectivity index (χ2v) is 9.45. The number of nitrogens with zero attached hydrogens (tertiary/aromatic N) is 4. The van der Waals surface area contributed by atoms with E-state index in [9.17, 15) is 4.79 Å². The average molecular weight is 430 g/mol. The van der Waals surface area contributed by atoms with Crippen LogP contribution in [-0.4, -0.2) is 47.3 Å². The summed E-state index contributed by atoms with van der Waals surface area (Å²) in [7, 11) is 0. The zero-order valence-corrected chi connectivity index (χ0v) is 18.4. The number of hydrogen-bond acceptors (Lipinski definition) is 8. The van der Waals surface area contributed by atoms with E-state index < -0.39 is 0 Å². The second kappa shape index (κ2) is 8.69. The van der Waals surface area contributed by atoms with Crippen LogP contribution < -0.4 is 10.2 Å². The van der Waals surface area contributed by atoms with Crippen molar-refractivity contribution in [2.24, 2.45) is 0 Å². The summed E-state index contributed by atoms with van der Waals surface area (Å²) in [6.07, 6.45) is 1.64. The molecule has 1 aromatic carbocycles. The van der Waals surface area contributed by atoms with Crippen molar-refractivity contribution in [3.05, 3.63) is 29.9 Å². The number of thiazole rings is 1. The van der Waals surface area contributed by atoms with Crippen molar-refractivity contribution in [1.29, 1.82) is 0 Å². The van der Waals surface area contributed by atoms with E-state index >= 15 is 0 Å². The number of fused-ring (bicyclic) bond motifs is 1. The minimum Gasteiger partial charge on any atom is -0.378 e. The van der Waals surface area contributed by atoms with Crippen LogP contribution in [0.1, 0.15) is 45.3 Å². The highest BCUT2D eigenvalue weighted by Gasteiger charge is 2.21. The molecule has 1 amide bonds. The molecule has 0 radical (unpaired) electrons. The summed E-state index contributed by atoms with van der Waals surface area (Å²) >= 11 is 1.64. The summed E-state index contributed by atoms with van der Waals surface area (Å²) in [5.41, 5.74) is 1.60. The van der Waals surface area contributed by atoms with Crippen molar-refractivity contribution in [3.8, 4) is 0 Å². The summed E-state index contributed by atoms with van der Waals surface area (Å²) < 4.78 is 11.8. The van der Waals surface area contributed by atoms with E-state index in [1.807, 2.05) is 39.0 Å². The maximum Gasteiger partial charge on any atom is 0.226 e. The Morgan fingerprint density at radius 3 is 2.77 bits per heavy atom. The van der Waals surface area contributed by atoms with E-state index in [1.165, 1.54) is 0 Å². The van der Waals surface area contributed by atoms with Gasteiger partial charge in [0.1, 0.15) is 0 Å². The average Bonchev–Trinajstić information content (AvgIpc) is 3.35. The molecule has 0 spiro atoms. The van der Waals surface area contributed by atoms with Gasteiger partial charge < -0.3 is 19.5 Å². The van der Waals surface area contributed by atoms with E-state index in [0.29, 0.717) is 31.0 Å². The van der Waals surface area contributed by atoms with Crippen molar-refractivity contribution in [1.82, 2.24) is 15.1 Å². The molecule has 3 aromatic rings. The predicted molar refractivity (Wildman–Crippen MR) is 117 cm³/mol. The molecule has 8 nitrogen and oxygen atoms in total. The molecule has 30 heavy (non-hydrogen) atoms. The minimum absolute atomic E-state index is 0.0252. The fourth-order valence-corrected chi connectivity index (χ4v) is 4.22. The summed E-state index contributed by atoms with van der Waals surface area (Å²) in [6.45, 7) is 9.31. The number of ether oxygens (including phenoxy) is 1. The number of rotatable bonds is 6. The quantitative estimate of drug-likeness (QED) is 0.637. The molecule has 4 rings (SSSR count). The van der Waals surface area contributed by atoms with Gasteiger partial charge in [0.2, 0.25) is 11.8 Å². The Kier molecular flexibility index (Phi) is 6.01. The Morgan fingerprint density at radius 2 is 2.03 bits per heavy atom. The third-order valence-corrected chi connectivity index (χ3v) is 5.95. The Bertz CT molecular complexity index is 1020. The monoisotopic (exact) mass is 429 g/mol. The number of carbonyl (C=O) groups is 1. The van der Waals surface area contributed by atoms with Crippen LogP contribution in [-0.2, 0) is 21.4 Å². The van der Waals surface area contributed by atoms with Gasteiger partial charge in [-0.1, -0.05) is 37.3 Å². The highest BCUT2D eigenvalue weighted by Crippen LogP contribution is 2.31. The normalized spacial score (nSPS) is 15.0. The lowest BCUT2D eigenvalue weighted by Gasteiger charge is -2.25.